The Kier molecular flexibility index (Phi) is 3.76. The van der Waals surface area contributed by atoms with Gasteiger partial charge in [0.15, 0.2) is 0 Å². The molecule has 0 radical (unpaired) electrons. The lowest BCUT2D eigenvalue weighted by atomic mass is 10.1. The Morgan fingerprint density at radius 1 is 1.45 bits per heavy atom. The van der Waals surface area contributed by atoms with Crippen LogP contribution in [-0.4, -0.2) is 26.2 Å². The van der Waals surface area contributed by atoms with Gasteiger partial charge in [0.05, 0.1) is 6.04 Å². The lowest BCUT2D eigenvalue weighted by Gasteiger charge is -2.09. The molecule has 2 aromatic rings. The molecule has 1 unspecified atom stereocenters. The zero-order chi connectivity index (χ0) is 14.1. The highest BCUT2D eigenvalue weighted by Crippen LogP contribution is 2.38. The minimum atomic E-state index is 0.190. The number of aryl methyl sites for hydroxylation is 1. The van der Waals surface area contributed by atoms with Crippen LogP contribution in [0.3, 0.4) is 0 Å². The van der Waals surface area contributed by atoms with Crippen molar-refractivity contribution in [2.45, 2.75) is 55.2 Å². The van der Waals surface area contributed by atoms with Gasteiger partial charge in [0.2, 0.25) is 5.16 Å². The lowest BCUT2D eigenvalue weighted by Crippen LogP contribution is -2.17. The molecule has 3 rings (SSSR count). The van der Waals surface area contributed by atoms with Crippen LogP contribution in [0, 0.1) is 6.92 Å². The number of rotatable bonds is 5. The van der Waals surface area contributed by atoms with Crippen LogP contribution in [0.25, 0.3) is 0 Å². The van der Waals surface area contributed by atoms with Gasteiger partial charge in [0.1, 0.15) is 0 Å². The number of aromatic nitrogens is 4. The third-order valence-electron chi connectivity index (χ3n) is 3.35. The summed E-state index contributed by atoms with van der Waals surface area (Å²) in [5, 5.41) is 12.9. The molecule has 0 aliphatic heterocycles. The third kappa shape index (κ3) is 3.02. The zero-order valence-electron chi connectivity index (χ0n) is 11.8. The quantitative estimate of drug-likeness (QED) is 0.915. The molecule has 0 spiro atoms. The molecule has 6 heteroatoms. The average molecular weight is 289 g/mol. The summed E-state index contributed by atoms with van der Waals surface area (Å²) in [5.41, 5.74) is 8.38. The molecule has 1 aliphatic carbocycles. The highest BCUT2D eigenvalue weighted by atomic mass is 32.2. The topological polar surface area (TPSA) is 69.6 Å². The summed E-state index contributed by atoms with van der Waals surface area (Å²) in [6.07, 6.45) is 3.28. The van der Waals surface area contributed by atoms with Gasteiger partial charge in [-0.2, -0.15) is 0 Å². The molecule has 0 bridgehead atoms. The highest BCUT2D eigenvalue weighted by Gasteiger charge is 2.28. The van der Waals surface area contributed by atoms with Crippen molar-refractivity contribution in [1.82, 2.24) is 20.2 Å². The van der Waals surface area contributed by atoms with Gasteiger partial charge in [-0.3, -0.25) is 0 Å². The molecule has 0 amide bonds. The maximum Gasteiger partial charge on any atom is 0.214 e. The van der Waals surface area contributed by atoms with Crippen LogP contribution in [0.2, 0.25) is 0 Å². The van der Waals surface area contributed by atoms with Crippen molar-refractivity contribution in [3.05, 3.63) is 29.3 Å². The lowest BCUT2D eigenvalue weighted by molar-refractivity contribution is 0.565. The third-order valence-corrected chi connectivity index (χ3v) is 4.48. The fourth-order valence-electron chi connectivity index (χ4n) is 2.22. The fraction of sp³-hybridized carbons (Fsp3) is 0.500. The Balaban J connectivity index is 1.78. The Bertz CT molecular complexity index is 603. The second kappa shape index (κ2) is 5.54. The summed E-state index contributed by atoms with van der Waals surface area (Å²) in [6.45, 7) is 4.15. The Morgan fingerprint density at radius 2 is 2.25 bits per heavy atom. The van der Waals surface area contributed by atoms with Gasteiger partial charge in [-0.05, 0) is 72.5 Å². The number of hydrogen-bond acceptors (Lipinski definition) is 5. The molecule has 1 aromatic heterocycles. The first kappa shape index (κ1) is 13.6. The molecule has 1 aliphatic rings. The molecule has 0 saturated heterocycles. The van der Waals surface area contributed by atoms with Gasteiger partial charge >= 0.3 is 0 Å². The van der Waals surface area contributed by atoms with E-state index in [4.69, 9.17) is 5.73 Å². The maximum atomic E-state index is 5.85. The van der Waals surface area contributed by atoms with E-state index in [1.807, 2.05) is 11.6 Å². The molecule has 1 aromatic carbocycles. The summed E-state index contributed by atoms with van der Waals surface area (Å²) < 4.78 is 1.94. The van der Waals surface area contributed by atoms with Crippen molar-refractivity contribution in [2.24, 2.45) is 5.73 Å². The van der Waals surface area contributed by atoms with Crippen LogP contribution < -0.4 is 5.73 Å². The molecule has 1 heterocycles. The van der Waals surface area contributed by atoms with Crippen molar-refractivity contribution >= 4 is 11.8 Å². The van der Waals surface area contributed by atoms with Crippen molar-refractivity contribution < 1.29 is 0 Å². The van der Waals surface area contributed by atoms with Gasteiger partial charge in [-0.15, -0.1) is 5.10 Å². The summed E-state index contributed by atoms with van der Waals surface area (Å²) in [7, 11) is 0. The van der Waals surface area contributed by atoms with Crippen molar-refractivity contribution in [2.75, 3.05) is 0 Å². The number of nitrogens with two attached hydrogens (primary N) is 1. The normalized spacial score (nSPS) is 16.4. The predicted octanol–water partition coefficient (Wildman–Crippen LogP) is 2.36. The monoisotopic (exact) mass is 289 g/mol. The molecule has 2 N–H and O–H groups in total. The van der Waals surface area contributed by atoms with Crippen LogP contribution >= 0.6 is 11.8 Å². The van der Waals surface area contributed by atoms with Crippen LogP contribution in [0.15, 0.2) is 28.3 Å². The molecule has 1 saturated carbocycles. The van der Waals surface area contributed by atoms with Gasteiger partial charge in [0.25, 0.3) is 0 Å². The van der Waals surface area contributed by atoms with E-state index in [1.165, 1.54) is 28.9 Å². The van der Waals surface area contributed by atoms with Gasteiger partial charge < -0.3 is 5.73 Å². The Morgan fingerprint density at radius 3 is 2.90 bits per heavy atom. The van der Waals surface area contributed by atoms with E-state index >= 15 is 0 Å². The first-order valence-electron chi connectivity index (χ1n) is 6.94. The number of tetrazole rings is 1. The predicted molar refractivity (Wildman–Crippen MR) is 78.7 cm³/mol. The molecule has 106 valence electrons. The standard InChI is InChI=1S/C14H19N5S/c1-9-7-11(8-10(2)15)3-6-13(9)20-14-16-17-18-19(14)12-4-5-12/h3,6-7,10,12H,4-5,8,15H2,1-2H3. The van der Waals surface area contributed by atoms with Crippen LogP contribution in [0.5, 0.6) is 0 Å². The first-order chi connectivity index (χ1) is 9.63. The number of benzene rings is 1. The molecule has 5 nitrogen and oxygen atoms in total. The summed E-state index contributed by atoms with van der Waals surface area (Å²) in [5.74, 6) is 0. The maximum absolute atomic E-state index is 5.85. The number of hydrogen-bond donors (Lipinski definition) is 1. The SMILES string of the molecule is Cc1cc(CC(C)N)ccc1Sc1nnnn1C1CC1. The van der Waals surface area contributed by atoms with E-state index < -0.39 is 0 Å². The van der Waals surface area contributed by atoms with Gasteiger partial charge in [-0.1, -0.05) is 12.1 Å². The smallest absolute Gasteiger partial charge is 0.214 e. The van der Waals surface area contributed by atoms with E-state index in [1.54, 1.807) is 11.8 Å². The highest BCUT2D eigenvalue weighted by molar-refractivity contribution is 7.99. The van der Waals surface area contributed by atoms with Gasteiger partial charge in [-0.25, -0.2) is 4.68 Å². The second-order valence-electron chi connectivity index (χ2n) is 5.52. The Hall–Kier alpha value is -1.40. The first-order valence-corrected chi connectivity index (χ1v) is 7.76. The largest absolute Gasteiger partial charge is 0.328 e. The van der Waals surface area contributed by atoms with E-state index in [0.29, 0.717) is 6.04 Å². The summed E-state index contributed by atoms with van der Waals surface area (Å²) in [4.78, 5) is 1.20. The van der Waals surface area contributed by atoms with E-state index in [2.05, 4.69) is 40.6 Å². The van der Waals surface area contributed by atoms with Crippen molar-refractivity contribution in [3.63, 3.8) is 0 Å². The summed E-state index contributed by atoms with van der Waals surface area (Å²) >= 11 is 1.64. The number of nitrogens with zero attached hydrogens (tertiary/aromatic N) is 4. The van der Waals surface area contributed by atoms with Crippen molar-refractivity contribution in [3.8, 4) is 0 Å². The van der Waals surface area contributed by atoms with Crippen LogP contribution in [0.1, 0.15) is 36.9 Å². The van der Waals surface area contributed by atoms with Crippen LogP contribution in [-0.2, 0) is 6.42 Å². The second-order valence-corrected chi connectivity index (χ2v) is 6.53. The van der Waals surface area contributed by atoms with Crippen molar-refractivity contribution in [1.29, 1.82) is 0 Å². The van der Waals surface area contributed by atoms with E-state index in [-0.39, 0.29) is 6.04 Å². The fourth-order valence-corrected chi connectivity index (χ4v) is 3.13. The zero-order valence-corrected chi connectivity index (χ0v) is 12.6. The minimum absolute atomic E-state index is 0.190. The molecular formula is C14H19N5S. The van der Waals surface area contributed by atoms with E-state index in [9.17, 15) is 0 Å². The summed E-state index contributed by atoms with van der Waals surface area (Å²) in [6, 6.07) is 7.19. The minimum Gasteiger partial charge on any atom is -0.328 e. The molecular weight excluding hydrogens is 270 g/mol. The molecule has 1 atom stereocenters. The average Bonchev–Trinajstić information content (AvgIpc) is 3.12. The van der Waals surface area contributed by atoms with Gasteiger partial charge in [0, 0.05) is 10.9 Å². The molecule has 20 heavy (non-hydrogen) atoms. The molecule has 1 fully saturated rings. The van der Waals surface area contributed by atoms with Crippen LogP contribution in [0.4, 0.5) is 0 Å². The van der Waals surface area contributed by atoms with E-state index in [0.717, 1.165) is 11.6 Å². The Labute approximate surface area is 122 Å².